The number of ether oxygens (including phenoxy) is 2. The first-order chi connectivity index (χ1) is 9.84. The third kappa shape index (κ3) is 3.02. The van der Waals surface area contributed by atoms with Crippen LogP contribution in [0.4, 0.5) is 0 Å². The van der Waals surface area contributed by atoms with Crippen LogP contribution >= 0.6 is 0 Å². The number of hydrogen-bond donors (Lipinski definition) is 1. The van der Waals surface area contributed by atoms with Crippen molar-refractivity contribution >= 4 is 5.97 Å². The molecule has 0 spiro atoms. The molecule has 2 heterocycles. The van der Waals surface area contributed by atoms with Crippen LogP contribution in [0.15, 0.2) is 24.3 Å². The Morgan fingerprint density at radius 3 is 2.95 bits per heavy atom. The fraction of sp³-hybridized carbons (Fsp3) is 0.562. The number of esters is 1. The van der Waals surface area contributed by atoms with Crippen molar-refractivity contribution in [3.63, 3.8) is 0 Å². The molecule has 2 aliphatic rings. The van der Waals surface area contributed by atoms with E-state index < -0.39 is 0 Å². The van der Waals surface area contributed by atoms with Gasteiger partial charge in [-0.2, -0.15) is 0 Å². The van der Waals surface area contributed by atoms with Crippen molar-refractivity contribution in [2.75, 3.05) is 26.4 Å². The predicted molar refractivity (Wildman–Crippen MR) is 75.4 cm³/mol. The summed E-state index contributed by atoms with van der Waals surface area (Å²) in [7, 11) is 0. The molecule has 2 aliphatic heterocycles. The van der Waals surface area contributed by atoms with Crippen molar-refractivity contribution in [3.05, 3.63) is 35.4 Å². The van der Waals surface area contributed by atoms with Gasteiger partial charge in [-0.3, -0.25) is 0 Å². The number of benzene rings is 1. The average Bonchev–Trinajstić information content (AvgIpc) is 2.53. The second kappa shape index (κ2) is 6.37. The first-order valence-corrected chi connectivity index (χ1v) is 7.40. The molecule has 0 radical (unpaired) electrons. The average molecular weight is 275 g/mol. The van der Waals surface area contributed by atoms with Crippen LogP contribution < -0.4 is 5.32 Å². The molecule has 0 bridgehead atoms. The Kier molecular flexibility index (Phi) is 4.33. The Morgan fingerprint density at radius 2 is 2.10 bits per heavy atom. The summed E-state index contributed by atoms with van der Waals surface area (Å²) in [5, 5.41) is 3.26. The van der Waals surface area contributed by atoms with Crippen molar-refractivity contribution in [2.24, 2.45) is 5.92 Å². The lowest BCUT2D eigenvalue weighted by Crippen LogP contribution is -2.37. The van der Waals surface area contributed by atoms with Gasteiger partial charge >= 0.3 is 5.97 Å². The number of rotatable bonds is 3. The van der Waals surface area contributed by atoms with Gasteiger partial charge < -0.3 is 14.8 Å². The summed E-state index contributed by atoms with van der Waals surface area (Å²) in [6, 6.07) is 7.80. The van der Waals surface area contributed by atoms with Crippen LogP contribution in [0.25, 0.3) is 0 Å². The molecule has 3 rings (SSSR count). The van der Waals surface area contributed by atoms with Crippen LogP contribution in [0.2, 0.25) is 0 Å². The number of fused-ring (bicyclic) bond motifs is 1. The first-order valence-electron chi connectivity index (χ1n) is 7.40. The molecule has 20 heavy (non-hydrogen) atoms. The molecule has 0 amide bonds. The topological polar surface area (TPSA) is 47.6 Å². The van der Waals surface area contributed by atoms with Crippen molar-refractivity contribution in [3.8, 4) is 0 Å². The molecule has 1 aromatic rings. The molecule has 1 N–H and O–H groups in total. The van der Waals surface area contributed by atoms with Crippen LogP contribution in [0, 0.1) is 5.92 Å². The van der Waals surface area contributed by atoms with E-state index in [1.54, 1.807) is 0 Å². The van der Waals surface area contributed by atoms with Crippen LogP contribution in [0.5, 0.6) is 0 Å². The molecule has 108 valence electrons. The van der Waals surface area contributed by atoms with Gasteiger partial charge in [-0.1, -0.05) is 24.3 Å². The molecule has 4 heteroatoms. The van der Waals surface area contributed by atoms with E-state index in [0.29, 0.717) is 12.5 Å². The molecule has 1 saturated heterocycles. The lowest BCUT2D eigenvalue weighted by molar-refractivity contribution is -0.149. The van der Waals surface area contributed by atoms with Gasteiger partial charge in [0.15, 0.2) is 0 Å². The molecule has 0 aromatic heterocycles. The maximum atomic E-state index is 12.3. The van der Waals surface area contributed by atoms with E-state index in [4.69, 9.17) is 9.47 Å². The van der Waals surface area contributed by atoms with E-state index in [9.17, 15) is 4.79 Å². The highest BCUT2D eigenvalue weighted by atomic mass is 16.5. The van der Waals surface area contributed by atoms with E-state index in [1.165, 1.54) is 5.56 Å². The smallest absolute Gasteiger partial charge is 0.327 e. The highest BCUT2D eigenvalue weighted by Crippen LogP contribution is 2.24. The summed E-state index contributed by atoms with van der Waals surface area (Å²) in [6.45, 7) is 2.91. The van der Waals surface area contributed by atoms with Gasteiger partial charge in [-0.25, -0.2) is 4.79 Å². The quantitative estimate of drug-likeness (QED) is 0.855. The van der Waals surface area contributed by atoms with Crippen molar-refractivity contribution in [1.29, 1.82) is 0 Å². The van der Waals surface area contributed by atoms with Gasteiger partial charge in [0.1, 0.15) is 6.04 Å². The maximum Gasteiger partial charge on any atom is 0.327 e. The number of hydrogen-bond acceptors (Lipinski definition) is 4. The Hall–Kier alpha value is -1.39. The third-order valence-corrected chi connectivity index (χ3v) is 4.15. The molecule has 0 aliphatic carbocycles. The largest absolute Gasteiger partial charge is 0.464 e. The van der Waals surface area contributed by atoms with E-state index in [2.05, 4.69) is 11.4 Å². The maximum absolute atomic E-state index is 12.3. The minimum absolute atomic E-state index is 0.149. The lowest BCUT2D eigenvalue weighted by Gasteiger charge is -2.27. The Morgan fingerprint density at radius 1 is 1.30 bits per heavy atom. The van der Waals surface area contributed by atoms with E-state index in [-0.39, 0.29) is 12.0 Å². The molecule has 1 fully saturated rings. The standard InChI is InChI=1S/C16H21NO3/c18-16(20-11-12-6-9-19-10-7-12)15-14-4-2-1-3-13(14)5-8-17-15/h1-4,12,15,17H,5-11H2. The van der Waals surface area contributed by atoms with Crippen LogP contribution in [-0.4, -0.2) is 32.3 Å². The molecule has 0 saturated carbocycles. The Bertz CT molecular complexity index is 469. The Labute approximate surface area is 119 Å². The number of carbonyl (C=O) groups is 1. The van der Waals surface area contributed by atoms with Gasteiger partial charge in [-0.15, -0.1) is 0 Å². The zero-order valence-electron chi connectivity index (χ0n) is 11.6. The molecular formula is C16H21NO3. The zero-order chi connectivity index (χ0) is 13.8. The van der Waals surface area contributed by atoms with Crippen LogP contribution in [0.3, 0.4) is 0 Å². The SMILES string of the molecule is O=C(OCC1CCOCC1)C1NCCc2ccccc21. The van der Waals surface area contributed by atoms with E-state index in [1.807, 2.05) is 18.2 Å². The summed E-state index contributed by atoms with van der Waals surface area (Å²) in [4.78, 5) is 12.3. The van der Waals surface area contributed by atoms with E-state index in [0.717, 1.165) is 44.6 Å². The molecule has 4 nitrogen and oxygen atoms in total. The molecule has 1 aromatic carbocycles. The van der Waals surface area contributed by atoms with Gasteiger partial charge in [0.2, 0.25) is 0 Å². The molecule has 1 atom stereocenters. The summed E-state index contributed by atoms with van der Waals surface area (Å²) in [6.07, 6.45) is 2.95. The summed E-state index contributed by atoms with van der Waals surface area (Å²) in [5.41, 5.74) is 2.31. The zero-order valence-corrected chi connectivity index (χ0v) is 11.6. The van der Waals surface area contributed by atoms with Crippen molar-refractivity contribution in [2.45, 2.75) is 25.3 Å². The summed E-state index contributed by atoms with van der Waals surface area (Å²) >= 11 is 0. The summed E-state index contributed by atoms with van der Waals surface area (Å²) in [5.74, 6) is 0.301. The number of carbonyl (C=O) groups excluding carboxylic acids is 1. The fourth-order valence-electron chi connectivity index (χ4n) is 2.91. The van der Waals surface area contributed by atoms with Crippen LogP contribution in [0.1, 0.15) is 30.0 Å². The normalized spacial score (nSPS) is 23.1. The van der Waals surface area contributed by atoms with Gasteiger partial charge in [0.05, 0.1) is 6.61 Å². The van der Waals surface area contributed by atoms with Crippen LogP contribution in [-0.2, 0) is 20.7 Å². The first kappa shape index (κ1) is 13.6. The van der Waals surface area contributed by atoms with Crippen molar-refractivity contribution in [1.82, 2.24) is 5.32 Å². The second-order valence-electron chi connectivity index (χ2n) is 5.52. The highest BCUT2D eigenvalue weighted by Gasteiger charge is 2.27. The Balaban J connectivity index is 1.60. The highest BCUT2D eigenvalue weighted by molar-refractivity contribution is 5.78. The monoisotopic (exact) mass is 275 g/mol. The van der Waals surface area contributed by atoms with E-state index >= 15 is 0 Å². The van der Waals surface area contributed by atoms with Crippen molar-refractivity contribution < 1.29 is 14.3 Å². The second-order valence-corrected chi connectivity index (χ2v) is 5.52. The third-order valence-electron chi connectivity index (χ3n) is 4.15. The molecule has 1 unspecified atom stereocenters. The minimum atomic E-state index is -0.306. The number of nitrogens with one attached hydrogen (secondary N) is 1. The summed E-state index contributed by atoms with van der Waals surface area (Å²) < 4.78 is 10.8. The fourth-order valence-corrected chi connectivity index (χ4v) is 2.91. The predicted octanol–water partition coefficient (Wildman–Crippen LogP) is 1.84. The molecular weight excluding hydrogens is 254 g/mol. The minimum Gasteiger partial charge on any atom is -0.464 e. The van der Waals surface area contributed by atoms with Gasteiger partial charge in [-0.05, 0) is 36.3 Å². The van der Waals surface area contributed by atoms with Gasteiger partial charge in [0, 0.05) is 19.8 Å². The van der Waals surface area contributed by atoms with Gasteiger partial charge in [0.25, 0.3) is 0 Å². The lowest BCUT2D eigenvalue weighted by atomic mass is 9.94.